The van der Waals surface area contributed by atoms with Crippen LogP contribution in [0.15, 0.2) is 6.07 Å². The van der Waals surface area contributed by atoms with E-state index in [9.17, 15) is 4.79 Å². The van der Waals surface area contributed by atoms with Crippen LogP contribution < -0.4 is 5.32 Å². The van der Waals surface area contributed by atoms with Crippen LogP contribution >= 0.6 is 0 Å². The third kappa shape index (κ3) is 3.73. The molecule has 0 aliphatic carbocycles. The van der Waals surface area contributed by atoms with Crippen molar-refractivity contribution in [2.24, 2.45) is 5.92 Å². The zero-order valence-electron chi connectivity index (χ0n) is 10.9. The van der Waals surface area contributed by atoms with Crippen molar-refractivity contribution in [3.8, 4) is 0 Å². The number of nitrogens with zero attached hydrogens (tertiary/aromatic N) is 1. The van der Waals surface area contributed by atoms with E-state index in [1.165, 1.54) is 0 Å². The number of nitrogens with one attached hydrogen (secondary N) is 1. The molecule has 4 nitrogen and oxygen atoms in total. The summed E-state index contributed by atoms with van der Waals surface area (Å²) in [5, 5.41) is 12.3. The largest absolute Gasteiger partial charge is 0.478 e. The van der Waals surface area contributed by atoms with E-state index in [4.69, 9.17) is 5.11 Å². The molecule has 0 amide bonds. The summed E-state index contributed by atoms with van der Waals surface area (Å²) < 4.78 is 0. The number of rotatable bonds is 5. The highest BCUT2D eigenvalue weighted by molar-refractivity contribution is 5.94. The Labute approximate surface area is 102 Å². The minimum absolute atomic E-state index is 0.277. The summed E-state index contributed by atoms with van der Waals surface area (Å²) in [7, 11) is 0. The molecule has 4 heteroatoms. The maximum atomic E-state index is 11.2. The van der Waals surface area contributed by atoms with Gasteiger partial charge in [-0.05, 0) is 37.8 Å². The van der Waals surface area contributed by atoms with Crippen molar-refractivity contribution in [3.05, 3.63) is 22.9 Å². The highest BCUT2D eigenvalue weighted by Gasteiger charge is 2.15. The monoisotopic (exact) mass is 236 g/mol. The van der Waals surface area contributed by atoms with Gasteiger partial charge in [-0.3, -0.25) is 0 Å². The summed E-state index contributed by atoms with van der Waals surface area (Å²) in [4.78, 5) is 15.4. The number of hydrogen-bond acceptors (Lipinski definition) is 3. The van der Waals surface area contributed by atoms with Crippen molar-refractivity contribution in [2.75, 3.05) is 11.9 Å². The van der Waals surface area contributed by atoms with Crippen LogP contribution in [0.4, 0.5) is 5.82 Å². The highest BCUT2D eigenvalue weighted by atomic mass is 16.4. The lowest BCUT2D eigenvalue weighted by atomic mass is 10.1. The van der Waals surface area contributed by atoms with Crippen LogP contribution in [0.5, 0.6) is 0 Å². The second kappa shape index (κ2) is 5.66. The van der Waals surface area contributed by atoms with Gasteiger partial charge in [0.2, 0.25) is 0 Å². The highest BCUT2D eigenvalue weighted by Crippen LogP contribution is 2.18. The van der Waals surface area contributed by atoms with Crippen molar-refractivity contribution < 1.29 is 9.90 Å². The average Bonchev–Trinajstić information content (AvgIpc) is 2.14. The van der Waals surface area contributed by atoms with Gasteiger partial charge in [-0.2, -0.15) is 0 Å². The van der Waals surface area contributed by atoms with Crippen molar-refractivity contribution in [1.29, 1.82) is 0 Å². The van der Waals surface area contributed by atoms with Gasteiger partial charge in [-0.15, -0.1) is 0 Å². The van der Waals surface area contributed by atoms with Crippen molar-refractivity contribution in [1.82, 2.24) is 4.98 Å². The summed E-state index contributed by atoms with van der Waals surface area (Å²) in [5.74, 6) is 0.138. The van der Waals surface area contributed by atoms with E-state index >= 15 is 0 Å². The number of carboxylic acid groups (broad SMARTS) is 1. The fourth-order valence-corrected chi connectivity index (χ4v) is 1.71. The van der Waals surface area contributed by atoms with Gasteiger partial charge in [-0.1, -0.05) is 13.8 Å². The molecule has 17 heavy (non-hydrogen) atoms. The summed E-state index contributed by atoms with van der Waals surface area (Å²) in [6.07, 6.45) is 0.994. The molecule has 0 aliphatic heterocycles. The lowest BCUT2D eigenvalue weighted by Gasteiger charge is -2.12. The Bertz CT molecular complexity index is 414. The molecule has 0 atom stereocenters. The lowest BCUT2D eigenvalue weighted by Crippen LogP contribution is -2.13. The maximum absolute atomic E-state index is 11.2. The first-order chi connectivity index (χ1) is 7.91. The number of pyridine rings is 1. The summed E-state index contributed by atoms with van der Waals surface area (Å²) in [5.41, 5.74) is 1.86. The van der Waals surface area contributed by atoms with Gasteiger partial charge in [0.05, 0.1) is 0 Å². The van der Waals surface area contributed by atoms with E-state index < -0.39 is 5.97 Å². The standard InChI is InChI=1S/C13H20N2O2/c1-8(2)5-6-14-12-11(13(16)17)9(3)7-10(4)15-12/h7-8H,5-6H2,1-4H3,(H,14,15)(H,16,17). The Morgan fingerprint density at radius 2 is 2.12 bits per heavy atom. The van der Waals surface area contributed by atoms with Crippen LogP contribution in [-0.4, -0.2) is 22.6 Å². The molecule has 0 spiro atoms. The van der Waals surface area contributed by atoms with Gasteiger partial charge < -0.3 is 10.4 Å². The van der Waals surface area contributed by atoms with Crippen LogP contribution in [0.1, 0.15) is 41.9 Å². The molecule has 1 aromatic heterocycles. The minimum Gasteiger partial charge on any atom is -0.478 e. The van der Waals surface area contributed by atoms with E-state index in [-0.39, 0.29) is 5.56 Å². The molecule has 2 N–H and O–H groups in total. The first kappa shape index (κ1) is 13.5. The predicted molar refractivity (Wildman–Crippen MR) is 68.6 cm³/mol. The van der Waals surface area contributed by atoms with Gasteiger partial charge in [-0.25, -0.2) is 9.78 Å². The smallest absolute Gasteiger partial charge is 0.339 e. The second-order valence-corrected chi connectivity index (χ2v) is 4.72. The van der Waals surface area contributed by atoms with Crippen LogP contribution in [0.25, 0.3) is 0 Å². The van der Waals surface area contributed by atoms with Gasteiger partial charge in [0, 0.05) is 12.2 Å². The number of carboxylic acids is 1. The number of aromatic carboxylic acids is 1. The number of aromatic nitrogens is 1. The third-order valence-corrected chi connectivity index (χ3v) is 2.57. The molecule has 0 aliphatic rings. The number of anilines is 1. The quantitative estimate of drug-likeness (QED) is 0.825. The predicted octanol–water partition coefficient (Wildman–Crippen LogP) is 2.85. The Hall–Kier alpha value is -1.58. The number of aryl methyl sites for hydroxylation is 2. The summed E-state index contributed by atoms with van der Waals surface area (Å²) >= 11 is 0. The zero-order chi connectivity index (χ0) is 13.0. The molecule has 0 fully saturated rings. The SMILES string of the molecule is Cc1cc(C)c(C(=O)O)c(NCCC(C)C)n1. The van der Waals surface area contributed by atoms with Gasteiger partial charge in [0.15, 0.2) is 0 Å². The molecule has 1 aromatic rings. The molecule has 0 unspecified atom stereocenters. The Morgan fingerprint density at radius 1 is 1.47 bits per heavy atom. The van der Waals surface area contributed by atoms with E-state index in [1.54, 1.807) is 13.0 Å². The van der Waals surface area contributed by atoms with Gasteiger partial charge in [0.25, 0.3) is 0 Å². The topological polar surface area (TPSA) is 62.2 Å². The van der Waals surface area contributed by atoms with Gasteiger partial charge >= 0.3 is 5.97 Å². The molecule has 0 saturated carbocycles. The molecule has 0 radical (unpaired) electrons. The molecule has 1 heterocycles. The minimum atomic E-state index is -0.929. The van der Waals surface area contributed by atoms with Crippen LogP contribution in [0.2, 0.25) is 0 Å². The molecule has 0 saturated heterocycles. The van der Waals surface area contributed by atoms with Crippen molar-refractivity contribution in [2.45, 2.75) is 34.1 Å². The molecule has 1 rings (SSSR count). The van der Waals surface area contributed by atoms with E-state index in [0.717, 1.165) is 24.2 Å². The first-order valence-electron chi connectivity index (χ1n) is 5.87. The molecular formula is C13H20N2O2. The summed E-state index contributed by atoms with van der Waals surface area (Å²) in [6.45, 7) is 8.68. The molecule has 0 bridgehead atoms. The summed E-state index contributed by atoms with van der Waals surface area (Å²) in [6, 6.07) is 1.79. The molecule has 94 valence electrons. The first-order valence-corrected chi connectivity index (χ1v) is 5.87. The number of hydrogen-bond donors (Lipinski definition) is 2. The normalized spacial score (nSPS) is 10.6. The van der Waals surface area contributed by atoms with Crippen LogP contribution in [-0.2, 0) is 0 Å². The second-order valence-electron chi connectivity index (χ2n) is 4.72. The fourth-order valence-electron chi connectivity index (χ4n) is 1.71. The fraction of sp³-hybridized carbons (Fsp3) is 0.538. The van der Waals surface area contributed by atoms with E-state index in [1.807, 2.05) is 6.92 Å². The third-order valence-electron chi connectivity index (χ3n) is 2.57. The average molecular weight is 236 g/mol. The van der Waals surface area contributed by atoms with Crippen LogP contribution in [0.3, 0.4) is 0 Å². The molecular weight excluding hydrogens is 216 g/mol. The Balaban J connectivity index is 2.92. The van der Waals surface area contributed by atoms with Crippen molar-refractivity contribution >= 4 is 11.8 Å². The Kier molecular flexibility index (Phi) is 4.49. The lowest BCUT2D eigenvalue weighted by molar-refractivity contribution is 0.0697. The maximum Gasteiger partial charge on any atom is 0.339 e. The van der Waals surface area contributed by atoms with Crippen LogP contribution in [0, 0.1) is 19.8 Å². The van der Waals surface area contributed by atoms with E-state index in [2.05, 4.69) is 24.1 Å². The van der Waals surface area contributed by atoms with Gasteiger partial charge in [0.1, 0.15) is 11.4 Å². The Morgan fingerprint density at radius 3 is 2.65 bits per heavy atom. The molecule has 0 aromatic carbocycles. The van der Waals surface area contributed by atoms with Crippen molar-refractivity contribution in [3.63, 3.8) is 0 Å². The van der Waals surface area contributed by atoms with E-state index in [0.29, 0.717) is 11.7 Å². The zero-order valence-corrected chi connectivity index (χ0v) is 10.9. The number of carbonyl (C=O) groups is 1.